The van der Waals surface area contributed by atoms with Crippen molar-refractivity contribution < 1.29 is 14.3 Å². The molecule has 0 aliphatic carbocycles. The molecule has 0 amide bonds. The predicted octanol–water partition coefficient (Wildman–Crippen LogP) is 4.18. The van der Waals surface area contributed by atoms with Crippen molar-refractivity contribution in [1.82, 2.24) is 4.98 Å². The molecule has 1 heterocycles. The lowest BCUT2D eigenvalue weighted by Gasteiger charge is -2.16. The van der Waals surface area contributed by atoms with Crippen LogP contribution in [0.1, 0.15) is 48.7 Å². The first-order valence-corrected chi connectivity index (χ1v) is 7.59. The van der Waals surface area contributed by atoms with Crippen LogP contribution in [0.3, 0.4) is 0 Å². The first kappa shape index (κ1) is 16.0. The van der Waals surface area contributed by atoms with Gasteiger partial charge in [-0.3, -0.25) is 0 Å². The summed E-state index contributed by atoms with van der Waals surface area (Å²) >= 11 is 0. The van der Waals surface area contributed by atoms with Crippen LogP contribution in [0.5, 0.6) is 5.88 Å². The minimum absolute atomic E-state index is 0.246. The molecular weight excluding hydrogens is 278 g/mol. The number of nitrogens with zero attached hydrogens (tertiary/aromatic N) is 1. The van der Waals surface area contributed by atoms with Crippen LogP contribution >= 0.6 is 0 Å². The van der Waals surface area contributed by atoms with Crippen molar-refractivity contribution in [3.63, 3.8) is 0 Å². The number of carbonyl (C=O) groups is 1. The smallest absolute Gasteiger partial charge is 0.340 e. The molecule has 0 radical (unpaired) electrons. The average Bonchev–Trinajstić information content (AvgIpc) is 2.58. The molecule has 0 saturated heterocycles. The highest BCUT2D eigenvalue weighted by molar-refractivity contribution is 5.89. The quantitative estimate of drug-likeness (QED) is 0.720. The van der Waals surface area contributed by atoms with Gasteiger partial charge in [0.15, 0.2) is 0 Å². The standard InChI is InChI=1S/C18H21NO3/c1-3-12-21-17-11-10-15(13-19-17)18(20)22-16(4-2)14-8-6-5-7-9-14/h5-11,13,16H,3-4,12H2,1-2H3. The molecule has 1 unspecified atom stereocenters. The Labute approximate surface area is 131 Å². The molecule has 0 fully saturated rings. The number of rotatable bonds is 7. The highest BCUT2D eigenvalue weighted by Gasteiger charge is 2.16. The lowest BCUT2D eigenvalue weighted by Crippen LogP contribution is -2.11. The fourth-order valence-corrected chi connectivity index (χ4v) is 2.05. The van der Waals surface area contributed by atoms with Gasteiger partial charge in [0.25, 0.3) is 0 Å². The third-order valence-corrected chi connectivity index (χ3v) is 3.22. The molecule has 0 saturated carbocycles. The van der Waals surface area contributed by atoms with E-state index in [1.807, 2.05) is 44.2 Å². The summed E-state index contributed by atoms with van der Waals surface area (Å²) in [5.41, 5.74) is 1.42. The van der Waals surface area contributed by atoms with E-state index in [1.165, 1.54) is 6.20 Å². The van der Waals surface area contributed by atoms with Crippen molar-refractivity contribution in [2.45, 2.75) is 32.8 Å². The van der Waals surface area contributed by atoms with Crippen molar-refractivity contribution >= 4 is 5.97 Å². The van der Waals surface area contributed by atoms with Gasteiger partial charge in [-0.1, -0.05) is 44.2 Å². The number of hydrogen-bond donors (Lipinski definition) is 0. The molecule has 2 aromatic rings. The van der Waals surface area contributed by atoms with Gasteiger partial charge in [0.05, 0.1) is 12.2 Å². The summed E-state index contributed by atoms with van der Waals surface area (Å²) in [5.74, 6) is 0.152. The second-order valence-electron chi connectivity index (χ2n) is 4.95. The summed E-state index contributed by atoms with van der Waals surface area (Å²) < 4.78 is 11.0. The van der Waals surface area contributed by atoms with Crippen molar-refractivity contribution in [3.8, 4) is 5.88 Å². The summed E-state index contributed by atoms with van der Waals surface area (Å²) in [5, 5.41) is 0. The van der Waals surface area contributed by atoms with Crippen LogP contribution in [-0.4, -0.2) is 17.6 Å². The highest BCUT2D eigenvalue weighted by Crippen LogP contribution is 2.22. The van der Waals surface area contributed by atoms with Gasteiger partial charge in [0.1, 0.15) is 6.10 Å². The van der Waals surface area contributed by atoms with E-state index in [2.05, 4.69) is 4.98 Å². The second kappa shape index (κ2) is 8.17. The largest absolute Gasteiger partial charge is 0.478 e. The van der Waals surface area contributed by atoms with Crippen molar-refractivity contribution in [2.24, 2.45) is 0 Å². The number of benzene rings is 1. The molecule has 0 aliphatic heterocycles. The first-order valence-electron chi connectivity index (χ1n) is 7.59. The van der Waals surface area contributed by atoms with Crippen molar-refractivity contribution in [2.75, 3.05) is 6.61 Å². The highest BCUT2D eigenvalue weighted by atomic mass is 16.5. The van der Waals surface area contributed by atoms with Gasteiger partial charge in [0.2, 0.25) is 5.88 Å². The maximum atomic E-state index is 12.2. The first-order chi connectivity index (χ1) is 10.7. The fourth-order valence-electron chi connectivity index (χ4n) is 2.05. The molecule has 1 aromatic carbocycles. The maximum Gasteiger partial charge on any atom is 0.340 e. The van der Waals surface area contributed by atoms with Gasteiger partial charge >= 0.3 is 5.97 Å². The van der Waals surface area contributed by atoms with Crippen molar-refractivity contribution in [1.29, 1.82) is 0 Å². The Kier molecular flexibility index (Phi) is 5.95. The van der Waals surface area contributed by atoms with Gasteiger partial charge < -0.3 is 9.47 Å². The molecule has 116 valence electrons. The third kappa shape index (κ3) is 4.32. The number of esters is 1. The summed E-state index contributed by atoms with van der Waals surface area (Å²) in [6.45, 7) is 4.63. The second-order valence-corrected chi connectivity index (χ2v) is 4.95. The van der Waals surface area contributed by atoms with E-state index in [9.17, 15) is 4.79 Å². The Morgan fingerprint density at radius 3 is 2.50 bits per heavy atom. The van der Waals surface area contributed by atoms with Crippen LogP contribution in [0.25, 0.3) is 0 Å². The molecule has 0 spiro atoms. The topological polar surface area (TPSA) is 48.4 Å². The average molecular weight is 299 g/mol. The van der Waals surface area contributed by atoms with E-state index in [-0.39, 0.29) is 12.1 Å². The zero-order chi connectivity index (χ0) is 15.8. The number of carbonyl (C=O) groups excluding carboxylic acids is 1. The Bertz CT molecular complexity index is 581. The monoisotopic (exact) mass is 299 g/mol. The predicted molar refractivity (Wildman–Crippen MR) is 84.9 cm³/mol. The van der Waals surface area contributed by atoms with Gasteiger partial charge in [0, 0.05) is 12.3 Å². The zero-order valence-corrected chi connectivity index (χ0v) is 13.0. The van der Waals surface area contributed by atoms with E-state index in [0.29, 0.717) is 18.1 Å². The summed E-state index contributed by atoms with van der Waals surface area (Å²) in [4.78, 5) is 16.3. The van der Waals surface area contributed by atoms with Gasteiger partial charge in [-0.25, -0.2) is 9.78 Å². The van der Waals surface area contributed by atoms with Crippen LogP contribution in [0.4, 0.5) is 0 Å². The normalized spacial score (nSPS) is 11.7. The molecule has 0 N–H and O–H groups in total. The van der Waals surface area contributed by atoms with Crippen LogP contribution in [-0.2, 0) is 4.74 Å². The lowest BCUT2D eigenvalue weighted by molar-refractivity contribution is 0.0287. The van der Waals surface area contributed by atoms with E-state index < -0.39 is 0 Å². The van der Waals surface area contributed by atoms with Gasteiger partial charge in [-0.15, -0.1) is 0 Å². The van der Waals surface area contributed by atoms with Crippen LogP contribution < -0.4 is 4.74 Å². The summed E-state index contributed by atoms with van der Waals surface area (Å²) in [6, 6.07) is 13.1. The SMILES string of the molecule is CCCOc1ccc(C(=O)OC(CC)c2ccccc2)cn1. The van der Waals surface area contributed by atoms with E-state index >= 15 is 0 Å². The minimum Gasteiger partial charge on any atom is -0.478 e. The van der Waals surface area contributed by atoms with Gasteiger partial charge in [-0.2, -0.15) is 0 Å². The van der Waals surface area contributed by atoms with Crippen LogP contribution in [0, 0.1) is 0 Å². The summed E-state index contributed by atoms with van der Waals surface area (Å²) in [7, 11) is 0. The molecular formula is C18H21NO3. The van der Waals surface area contributed by atoms with Gasteiger partial charge in [-0.05, 0) is 24.5 Å². The molecule has 4 heteroatoms. The maximum absolute atomic E-state index is 12.2. The minimum atomic E-state index is -0.370. The van der Waals surface area contributed by atoms with Crippen LogP contribution in [0.15, 0.2) is 48.7 Å². The Balaban J connectivity index is 2.01. The van der Waals surface area contributed by atoms with E-state index in [1.54, 1.807) is 12.1 Å². The molecule has 22 heavy (non-hydrogen) atoms. The Morgan fingerprint density at radius 1 is 1.14 bits per heavy atom. The van der Waals surface area contributed by atoms with Crippen LogP contribution in [0.2, 0.25) is 0 Å². The molecule has 2 rings (SSSR count). The number of pyridine rings is 1. The summed E-state index contributed by atoms with van der Waals surface area (Å²) in [6.07, 6.45) is 2.89. The molecule has 0 bridgehead atoms. The Morgan fingerprint density at radius 2 is 1.91 bits per heavy atom. The zero-order valence-electron chi connectivity index (χ0n) is 13.0. The molecule has 4 nitrogen and oxygen atoms in total. The lowest BCUT2D eigenvalue weighted by atomic mass is 10.1. The van der Waals surface area contributed by atoms with Crippen molar-refractivity contribution in [3.05, 3.63) is 59.8 Å². The Hall–Kier alpha value is -2.36. The molecule has 1 atom stereocenters. The number of ether oxygens (including phenoxy) is 2. The molecule has 1 aromatic heterocycles. The molecule has 0 aliphatic rings. The van der Waals surface area contributed by atoms with E-state index in [0.717, 1.165) is 18.4 Å². The fraction of sp³-hybridized carbons (Fsp3) is 0.333. The number of hydrogen-bond acceptors (Lipinski definition) is 4. The van der Waals surface area contributed by atoms with E-state index in [4.69, 9.17) is 9.47 Å². The third-order valence-electron chi connectivity index (χ3n) is 3.22. The number of aromatic nitrogens is 1.